The molecule has 3 N–H and O–H groups in total. The van der Waals surface area contributed by atoms with Crippen molar-refractivity contribution in [1.82, 2.24) is 4.98 Å². The van der Waals surface area contributed by atoms with Crippen molar-refractivity contribution in [3.63, 3.8) is 0 Å². The average molecular weight is 393 g/mol. The van der Waals surface area contributed by atoms with Crippen molar-refractivity contribution in [1.29, 1.82) is 0 Å². The van der Waals surface area contributed by atoms with Gasteiger partial charge in [-0.15, -0.1) is 12.4 Å². The zero-order valence-corrected chi connectivity index (χ0v) is 15.7. The molecule has 0 aliphatic carbocycles. The van der Waals surface area contributed by atoms with Crippen molar-refractivity contribution in [3.8, 4) is 11.1 Å². The number of pyridine rings is 1. The molecule has 1 aromatic heterocycles. The lowest BCUT2D eigenvalue weighted by atomic mass is 10.0. The molecule has 1 heterocycles. The zero-order chi connectivity index (χ0) is 16.9. The Kier molecular flexibility index (Phi) is 7.29. The molecule has 0 bridgehead atoms. The summed E-state index contributed by atoms with van der Waals surface area (Å²) < 4.78 is 0. The highest BCUT2D eigenvalue weighted by Gasteiger charge is 2.14. The fourth-order valence-corrected chi connectivity index (χ4v) is 3.80. The third-order valence-corrected chi connectivity index (χ3v) is 5.32. The average Bonchev–Trinajstić information content (AvgIpc) is 2.64. The lowest BCUT2D eigenvalue weighted by molar-refractivity contribution is 0.278. The van der Waals surface area contributed by atoms with Gasteiger partial charge in [0.2, 0.25) is 0 Å². The zero-order valence-electron chi connectivity index (χ0n) is 13.4. The van der Waals surface area contributed by atoms with Crippen LogP contribution in [0.25, 0.3) is 11.1 Å². The number of rotatable bonds is 5. The van der Waals surface area contributed by atoms with Gasteiger partial charge >= 0.3 is 0 Å². The Morgan fingerprint density at radius 2 is 1.76 bits per heavy atom. The maximum absolute atomic E-state index is 9.47. The fourth-order valence-electron chi connectivity index (χ4n) is 2.45. The van der Waals surface area contributed by atoms with E-state index in [0.29, 0.717) is 11.6 Å². The molecule has 0 saturated carbocycles. The summed E-state index contributed by atoms with van der Waals surface area (Å²) in [6, 6.07) is 17.7. The van der Waals surface area contributed by atoms with Crippen molar-refractivity contribution in [2.45, 2.75) is 23.1 Å². The second-order valence-electron chi connectivity index (χ2n) is 5.24. The van der Waals surface area contributed by atoms with Gasteiger partial charge in [-0.1, -0.05) is 59.8 Å². The summed E-state index contributed by atoms with van der Waals surface area (Å²) in [5, 5.41) is 10.8. The van der Waals surface area contributed by atoms with Gasteiger partial charge in [0.1, 0.15) is 5.03 Å². The molecule has 0 radical (unpaired) electrons. The summed E-state index contributed by atoms with van der Waals surface area (Å²) in [4.78, 5) is 5.23. The molecule has 0 aliphatic heterocycles. The summed E-state index contributed by atoms with van der Waals surface area (Å²) in [5.74, 6) is 0. The maximum Gasteiger partial charge on any atom is 0.106 e. The first-order chi connectivity index (χ1) is 11.7. The number of aromatic nitrogens is 1. The molecule has 0 atom stereocenters. The molecule has 0 aliphatic rings. The Balaban J connectivity index is 0.00000225. The number of nitrogens with zero attached hydrogens (tertiary/aromatic N) is 1. The van der Waals surface area contributed by atoms with Gasteiger partial charge < -0.3 is 10.8 Å². The normalized spacial score (nSPS) is 10.4. The van der Waals surface area contributed by atoms with E-state index in [2.05, 4.69) is 11.1 Å². The van der Waals surface area contributed by atoms with E-state index >= 15 is 0 Å². The van der Waals surface area contributed by atoms with Crippen LogP contribution in [-0.2, 0) is 13.2 Å². The van der Waals surface area contributed by atoms with Gasteiger partial charge in [-0.25, -0.2) is 4.98 Å². The minimum absolute atomic E-state index is 0. The van der Waals surface area contributed by atoms with Crippen LogP contribution in [0.3, 0.4) is 0 Å². The summed E-state index contributed by atoms with van der Waals surface area (Å²) in [6.07, 6.45) is 1.70. The third-order valence-electron chi connectivity index (χ3n) is 3.67. The molecule has 0 fully saturated rings. The van der Waals surface area contributed by atoms with Crippen LogP contribution < -0.4 is 5.73 Å². The van der Waals surface area contributed by atoms with Crippen LogP contribution in [0, 0.1) is 0 Å². The molecule has 0 amide bonds. The molecule has 0 unspecified atom stereocenters. The van der Waals surface area contributed by atoms with Gasteiger partial charge in [0, 0.05) is 23.2 Å². The molecule has 0 spiro atoms. The van der Waals surface area contributed by atoms with Crippen LogP contribution >= 0.6 is 35.8 Å². The van der Waals surface area contributed by atoms with Crippen LogP contribution in [0.5, 0.6) is 0 Å². The van der Waals surface area contributed by atoms with E-state index in [-0.39, 0.29) is 19.0 Å². The molecular formula is C19H18Cl2N2OS. The number of hydrogen-bond donors (Lipinski definition) is 2. The van der Waals surface area contributed by atoms with E-state index in [1.165, 1.54) is 11.8 Å². The van der Waals surface area contributed by atoms with Crippen LogP contribution in [0.4, 0.5) is 0 Å². The van der Waals surface area contributed by atoms with E-state index in [1.54, 1.807) is 12.3 Å². The molecule has 3 aromatic rings. The first-order valence-corrected chi connectivity index (χ1v) is 8.73. The minimum Gasteiger partial charge on any atom is -0.392 e. The first-order valence-electron chi connectivity index (χ1n) is 7.53. The Labute approximate surface area is 162 Å². The monoisotopic (exact) mass is 392 g/mol. The molecular weight excluding hydrogens is 375 g/mol. The highest BCUT2D eigenvalue weighted by molar-refractivity contribution is 7.99. The van der Waals surface area contributed by atoms with E-state index in [1.807, 2.05) is 42.5 Å². The lowest BCUT2D eigenvalue weighted by Gasteiger charge is -2.14. The quantitative estimate of drug-likeness (QED) is 0.646. The second kappa shape index (κ2) is 9.22. The Bertz CT molecular complexity index is 844. The van der Waals surface area contributed by atoms with Crippen LogP contribution in [0.1, 0.15) is 11.1 Å². The van der Waals surface area contributed by atoms with Gasteiger partial charge in [0.25, 0.3) is 0 Å². The van der Waals surface area contributed by atoms with Gasteiger partial charge in [0.05, 0.1) is 11.6 Å². The van der Waals surface area contributed by atoms with Crippen molar-refractivity contribution in [2.24, 2.45) is 5.73 Å². The van der Waals surface area contributed by atoms with Gasteiger partial charge in [0.15, 0.2) is 0 Å². The first kappa shape index (κ1) is 19.8. The number of hydrogen-bond acceptors (Lipinski definition) is 4. The molecule has 2 aromatic carbocycles. The predicted octanol–water partition coefficient (Wildman–Crippen LogP) is 4.93. The highest BCUT2D eigenvalue weighted by Crippen LogP contribution is 2.39. The Morgan fingerprint density at radius 3 is 2.44 bits per heavy atom. The predicted molar refractivity (Wildman–Crippen MR) is 106 cm³/mol. The molecule has 130 valence electrons. The summed E-state index contributed by atoms with van der Waals surface area (Å²) in [6.45, 7) is 0.317. The number of nitrogens with two attached hydrogens (primary N) is 1. The summed E-state index contributed by atoms with van der Waals surface area (Å²) >= 11 is 7.98. The van der Waals surface area contributed by atoms with Gasteiger partial charge in [-0.3, -0.25) is 0 Å². The number of aliphatic hydroxyl groups is 1. The number of benzene rings is 2. The molecule has 3 rings (SSSR count). The highest BCUT2D eigenvalue weighted by atomic mass is 35.5. The smallest absolute Gasteiger partial charge is 0.106 e. The van der Waals surface area contributed by atoms with Crippen LogP contribution in [0.2, 0.25) is 5.02 Å². The van der Waals surface area contributed by atoms with Crippen molar-refractivity contribution in [2.75, 3.05) is 0 Å². The second-order valence-corrected chi connectivity index (χ2v) is 6.65. The fraction of sp³-hybridized carbons (Fsp3) is 0.105. The molecule has 3 nitrogen and oxygen atoms in total. The SMILES string of the molecule is Cl.NCc1cc(-c2ccccc2)cc(Cl)c1Sc1ncccc1CO. The number of halogens is 2. The van der Waals surface area contributed by atoms with E-state index in [9.17, 15) is 5.11 Å². The lowest BCUT2D eigenvalue weighted by Crippen LogP contribution is -2.00. The maximum atomic E-state index is 9.47. The van der Waals surface area contributed by atoms with Gasteiger partial charge in [-0.05, 0) is 34.9 Å². The van der Waals surface area contributed by atoms with Crippen LogP contribution in [0.15, 0.2) is 70.7 Å². The van der Waals surface area contributed by atoms with Crippen molar-refractivity contribution >= 4 is 35.8 Å². The standard InChI is InChI=1S/C19H17ClN2OS.ClH/c20-17-10-15(13-5-2-1-3-6-13)9-16(11-21)18(17)24-19-14(12-23)7-4-8-22-19;/h1-10,23H,11-12,21H2;1H. The van der Waals surface area contributed by atoms with Crippen molar-refractivity contribution in [3.05, 3.63) is 76.9 Å². The van der Waals surface area contributed by atoms with E-state index in [4.69, 9.17) is 17.3 Å². The van der Waals surface area contributed by atoms with Crippen molar-refractivity contribution < 1.29 is 5.11 Å². The molecule has 0 saturated heterocycles. The van der Waals surface area contributed by atoms with Crippen LogP contribution in [-0.4, -0.2) is 10.1 Å². The van der Waals surface area contributed by atoms with Gasteiger partial charge in [-0.2, -0.15) is 0 Å². The Hall–Kier alpha value is -1.56. The summed E-state index contributed by atoms with van der Waals surface area (Å²) in [5.41, 5.74) is 9.81. The number of aliphatic hydroxyl groups excluding tert-OH is 1. The largest absolute Gasteiger partial charge is 0.392 e. The van der Waals surface area contributed by atoms with E-state index in [0.717, 1.165) is 32.2 Å². The summed E-state index contributed by atoms with van der Waals surface area (Å²) in [7, 11) is 0. The minimum atomic E-state index is -0.0617. The molecule has 6 heteroatoms. The topological polar surface area (TPSA) is 59.1 Å². The Morgan fingerprint density at radius 1 is 1.00 bits per heavy atom. The molecule has 25 heavy (non-hydrogen) atoms. The van der Waals surface area contributed by atoms with E-state index < -0.39 is 0 Å². The third kappa shape index (κ3) is 4.54.